The number of hydrogen-bond acceptors (Lipinski definition) is 4. The quantitative estimate of drug-likeness (QED) is 0.518. The molecule has 0 fully saturated rings. The number of allylic oxidation sites excluding steroid dienone is 1. The van der Waals surface area contributed by atoms with Crippen LogP contribution in [0.4, 0.5) is 0 Å². The molecule has 0 radical (unpaired) electrons. The standard InChI is InChI=1S/C14H26N4O/c1-4-9-18-14(16-12-17-18)11-13(2)6-5-7-15-8-10-19-3/h6,12,15H,4-5,7-11H2,1-3H3. The minimum Gasteiger partial charge on any atom is -0.383 e. The van der Waals surface area contributed by atoms with Gasteiger partial charge in [-0.1, -0.05) is 18.6 Å². The summed E-state index contributed by atoms with van der Waals surface area (Å²) < 4.78 is 6.97. The molecule has 0 amide bonds. The molecule has 0 aromatic carbocycles. The lowest BCUT2D eigenvalue weighted by atomic mass is 10.1. The van der Waals surface area contributed by atoms with Crippen molar-refractivity contribution in [2.75, 3.05) is 26.8 Å². The van der Waals surface area contributed by atoms with E-state index >= 15 is 0 Å². The van der Waals surface area contributed by atoms with Crippen molar-refractivity contribution in [3.05, 3.63) is 23.8 Å². The Bertz CT molecular complexity index is 373. The average Bonchev–Trinajstić information content (AvgIpc) is 2.81. The Balaban J connectivity index is 2.28. The number of rotatable bonds is 10. The molecule has 0 bridgehead atoms. The van der Waals surface area contributed by atoms with Gasteiger partial charge in [-0.15, -0.1) is 0 Å². The number of nitrogens with zero attached hydrogens (tertiary/aromatic N) is 3. The summed E-state index contributed by atoms with van der Waals surface area (Å²) in [5.41, 5.74) is 1.35. The number of ether oxygens (including phenoxy) is 1. The molecule has 0 saturated heterocycles. The van der Waals surface area contributed by atoms with Crippen molar-refractivity contribution in [1.82, 2.24) is 20.1 Å². The minimum absolute atomic E-state index is 0.767. The highest BCUT2D eigenvalue weighted by Gasteiger charge is 2.03. The number of aromatic nitrogens is 3. The van der Waals surface area contributed by atoms with Crippen molar-refractivity contribution in [2.45, 2.75) is 39.7 Å². The van der Waals surface area contributed by atoms with Gasteiger partial charge in [-0.2, -0.15) is 5.10 Å². The van der Waals surface area contributed by atoms with Gasteiger partial charge in [-0.3, -0.25) is 0 Å². The molecule has 0 aliphatic rings. The van der Waals surface area contributed by atoms with Gasteiger partial charge in [-0.25, -0.2) is 9.67 Å². The van der Waals surface area contributed by atoms with E-state index in [4.69, 9.17) is 4.74 Å². The van der Waals surface area contributed by atoms with Crippen LogP contribution in [0.1, 0.15) is 32.5 Å². The maximum atomic E-state index is 4.98. The average molecular weight is 266 g/mol. The van der Waals surface area contributed by atoms with Gasteiger partial charge in [0.05, 0.1) is 6.61 Å². The molecule has 1 heterocycles. The molecule has 0 atom stereocenters. The number of methoxy groups -OCH3 is 1. The van der Waals surface area contributed by atoms with Crippen LogP contribution in [0, 0.1) is 0 Å². The zero-order valence-corrected chi connectivity index (χ0v) is 12.4. The molecule has 1 rings (SSSR count). The number of hydrogen-bond donors (Lipinski definition) is 1. The Morgan fingerprint density at radius 3 is 3.05 bits per heavy atom. The normalized spacial score (nSPS) is 12.1. The first kappa shape index (κ1) is 15.9. The molecule has 0 saturated carbocycles. The SMILES string of the molecule is CCCn1ncnc1CC(C)=CCCNCCOC. The van der Waals surface area contributed by atoms with Crippen molar-refractivity contribution < 1.29 is 4.74 Å². The second-order valence-corrected chi connectivity index (χ2v) is 4.66. The fraction of sp³-hybridized carbons (Fsp3) is 0.714. The Morgan fingerprint density at radius 1 is 1.47 bits per heavy atom. The van der Waals surface area contributed by atoms with Gasteiger partial charge in [0.25, 0.3) is 0 Å². The third kappa shape index (κ3) is 6.50. The van der Waals surface area contributed by atoms with Gasteiger partial charge >= 0.3 is 0 Å². The first-order valence-corrected chi connectivity index (χ1v) is 7.00. The van der Waals surface area contributed by atoms with Gasteiger partial charge < -0.3 is 10.1 Å². The van der Waals surface area contributed by atoms with Crippen LogP contribution in [0.15, 0.2) is 18.0 Å². The Kier molecular flexibility index (Phi) is 8.09. The summed E-state index contributed by atoms with van der Waals surface area (Å²) in [6.45, 7) is 7.92. The van der Waals surface area contributed by atoms with Gasteiger partial charge in [0.1, 0.15) is 12.2 Å². The largest absolute Gasteiger partial charge is 0.383 e. The third-order valence-electron chi connectivity index (χ3n) is 2.86. The molecule has 0 unspecified atom stereocenters. The van der Waals surface area contributed by atoms with E-state index in [0.717, 1.165) is 51.3 Å². The summed E-state index contributed by atoms with van der Waals surface area (Å²) in [6, 6.07) is 0. The minimum atomic E-state index is 0.767. The Morgan fingerprint density at radius 2 is 2.32 bits per heavy atom. The van der Waals surface area contributed by atoms with Crippen LogP contribution in [0.5, 0.6) is 0 Å². The van der Waals surface area contributed by atoms with Crippen LogP contribution in [0.25, 0.3) is 0 Å². The maximum absolute atomic E-state index is 4.98. The van der Waals surface area contributed by atoms with E-state index < -0.39 is 0 Å². The second kappa shape index (κ2) is 9.69. The molecule has 1 aromatic heterocycles. The summed E-state index contributed by atoms with van der Waals surface area (Å²) in [7, 11) is 1.72. The summed E-state index contributed by atoms with van der Waals surface area (Å²) in [6.07, 6.45) is 6.92. The van der Waals surface area contributed by atoms with E-state index in [1.54, 1.807) is 13.4 Å². The van der Waals surface area contributed by atoms with Crippen molar-refractivity contribution in [3.8, 4) is 0 Å². The molecule has 0 aliphatic carbocycles. The first-order valence-electron chi connectivity index (χ1n) is 7.00. The van der Waals surface area contributed by atoms with Crippen LogP contribution < -0.4 is 5.32 Å². The fourth-order valence-corrected chi connectivity index (χ4v) is 1.87. The Hall–Kier alpha value is -1.20. The van der Waals surface area contributed by atoms with Gasteiger partial charge in [-0.05, 0) is 26.3 Å². The molecule has 1 aromatic rings. The number of nitrogens with one attached hydrogen (secondary N) is 1. The molecule has 5 nitrogen and oxygen atoms in total. The predicted molar refractivity (Wildman–Crippen MR) is 77.1 cm³/mol. The van der Waals surface area contributed by atoms with E-state index in [9.17, 15) is 0 Å². The maximum Gasteiger partial charge on any atom is 0.138 e. The van der Waals surface area contributed by atoms with E-state index in [2.05, 4.69) is 35.3 Å². The van der Waals surface area contributed by atoms with Crippen LogP contribution >= 0.6 is 0 Å². The van der Waals surface area contributed by atoms with Gasteiger partial charge in [0.2, 0.25) is 0 Å². The zero-order valence-electron chi connectivity index (χ0n) is 12.4. The van der Waals surface area contributed by atoms with Gasteiger partial charge in [0, 0.05) is 26.6 Å². The lowest BCUT2D eigenvalue weighted by Crippen LogP contribution is -2.19. The molecule has 0 aliphatic heterocycles. The Labute approximate surface area is 116 Å². The molecule has 1 N–H and O–H groups in total. The van der Waals surface area contributed by atoms with Crippen LogP contribution in [-0.2, 0) is 17.7 Å². The van der Waals surface area contributed by atoms with E-state index in [1.165, 1.54) is 5.57 Å². The highest BCUT2D eigenvalue weighted by Crippen LogP contribution is 2.06. The highest BCUT2D eigenvalue weighted by molar-refractivity contribution is 5.06. The summed E-state index contributed by atoms with van der Waals surface area (Å²) >= 11 is 0. The second-order valence-electron chi connectivity index (χ2n) is 4.66. The summed E-state index contributed by atoms with van der Waals surface area (Å²) in [5.74, 6) is 1.06. The first-order chi connectivity index (χ1) is 9.27. The molecular formula is C14H26N4O. The lowest BCUT2D eigenvalue weighted by molar-refractivity contribution is 0.199. The van der Waals surface area contributed by atoms with Crippen LogP contribution in [-0.4, -0.2) is 41.6 Å². The molecule has 19 heavy (non-hydrogen) atoms. The zero-order chi connectivity index (χ0) is 13.9. The monoisotopic (exact) mass is 266 g/mol. The topological polar surface area (TPSA) is 52.0 Å². The van der Waals surface area contributed by atoms with Crippen LogP contribution in [0.3, 0.4) is 0 Å². The molecule has 5 heteroatoms. The van der Waals surface area contributed by atoms with Crippen molar-refractivity contribution >= 4 is 0 Å². The van der Waals surface area contributed by atoms with Gasteiger partial charge in [0.15, 0.2) is 0 Å². The lowest BCUT2D eigenvalue weighted by Gasteiger charge is -2.05. The highest BCUT2D eigenvalue weighted by atomic mass is 16.5. The van der Waals surface area contributed by atoms with Crippen molar-refractivity contribution in [3.63, 3.8) is 0 Å². The van der Waals surface area contributed by atoms with E-state index in [1.807, 2.05) is 4.68 Å². The number of aryl methyl sites for hydroxylation is 1. The summed E-state index contributed by atoms with van der Waals surface area (Å²) in [5, 5.41) is 7.57. The summed E-state index contributed by atoms with van der Waals surface area (Å²) in [4.78, 5) is 4.32. The van der Waals surface area contributed by atoms with E-state index in [-0.39, 0.29) is 0 Å². The fourth-order valence-electron chi connectivity index (χ4n) is 1.87. The van der Waals surface area contributed by atoms with E-state index in [0.29, 0.717) is 0 Å². The molecule has 0 spiro atoms. The molecule has 108 valence electrons. The predicted octanol–water partition coefficient (Wildman–Crippen LogP) is 1.80. The van der Waals surface area contributed by atoms with Crippen LogP contribution in [0.2, 0.25) is 0 Å². The molecular weight excluding hydrogens is 240 g/mol. The third-order valence-corrected chi connectivity index (χ3v) is 2.86. The van der Waals surface area contributed by atoms with Crippen molar-refractivity contribution in [1.29, 1.82) is 0 Å². The smallest absolute Gasteiger partial charge is 0.138 e. The van der Waals surface area contributed by atoms with Crippen molar-refractivity contribution in [2.24, 2.45) is 0 Å².